The molecule has 47 heavy (non-hydrogen) atoms. The summed E-state index contributed by atoms with van der Waals surface area (Å²) in [5, 5.41) is 80.7. The maximum atomic E-state index is 13.2. The van der Waals surface area contributed by atoms with Crippen molar-refractivity contribution in [1.29, 1.82) is 0 Å². The normalized spacial score (nSPS) is 33.7. The van der Waals surface area contributed by atoms with Crippen LogP contribution in [0.5, 0.6) is 23.0 Å². The van der Waals surface area contributed by atoms with Gasteiger partial charge in [-0.25, -0.2) is 4.79 Å². The molecule has 250 valence electrons. The van der Waals surface area contributed by atoms with E-state index in [1.54, 1.807) is 36.4 Å². The third-order valence-corrected chi connectivity index (χ3v) is 8.86. The number of aliphatic hydroxyl groups excluding tert-OH is 8. The van der Waals surface area contributed by atoms with E-state index in [1.807, 2.05) is 0 Å². The number of carbonyl (C=O) groups excluding carboxylic acids is 1. The lowest BCUT2D eigenvalue weighted by Crippen LogP contribution is -2.60. The van der Waals surface area contributed by atoms with Crippen molar-refractivity contribution < 1.29 is 74.1 Å². The van der Waals surface area contributed by atoms with Gasteiger partial charge in [0.05, 0.1) is 18.8 Å². The van der Waals surface area contributed by atoms with Crippen LogP contribution in [-0.4, -0.2) is 121 Å². The van der Waals surface area contributed by atoms with E-state index >= 15 is 0 Å². The molecule has 4 aliphatic heterocycles. The summed E-state index contributed by atoms with van der Waals surface area (Å²) in [6, 6.07) is 16.0. The number of esters is 1. The van der Waals surface area contributed by atoms with Crippen molar-refractivity contribution in [1.82, 2.24) is 0 Å². The van der Waals surface area contributed by atoms with Crippen molar-refractivity contribution in [3.05, 3.63) is 82.9 Å². The second-order valence-electron chi connectivity index (χ2n) is 11.7. The molecule has 10 atom stereocenters. The minimum absolute atomic E-state index is 0.0954. The summed E-state index contributed by atoms with van der Waals surface area (Å²) in [6.07, 6.45) is -15.1. The quantitative estimate of drug-likeness (QED) is 0.143. The molecule has 0 radical (unpaired) electrons. The topological polar surface area (TPSA) is 234 Å². The molecule has 3 aromatic rings. The van der Waals surface area contributed by atoms with Gasteiger partial charge in [-0.2, -0.15) is 0 Å². The van der Waals surface area contributed by atoms with Gasteiger partial charge >= 0.3 is 5.97 Å². The molecule has 15 heteroatoms. The van der Waals surface area contributed by atoms with Gasteiger partial charge in [-0.1, -0.05) is 18.2 Å². The lowest BCUT2D eigenvalue weighted by Gasteiger charge is -2.40. The van der Waals surface area contributed by atoms with Crippen LogP contribution in [-0.2, 0) is 19.8 Å². The molecular weight excluding hydrogens is 624 g/mol. The van der Waals surface area contributed by atoms with E-state index in [2.05, 4.69) is 0 Å². The molecule has 15 nitrogen and oxygen atoms in total. The molecule has 4 heterocycles. The summed E-state index contributed by atoms with van der Waals surface area (Å²) in [5.74, 6) is -0.0677. The minimum Gasteiger partial charge on any atom is -0.462 e. The van der Waals surface area contributed by atoms with Gasteiger partial charge in [-0.05, 0) is 30.3 Å². The highest BCUT2D eigenvalue weighted by Crippen LogP contribution is 2.57. The lowest BCUT2D eigenvalue weighted by atomic mass is 9.77. The summed E-state index contributed by atoms with van der Waals surface area (Å²) in [7, 11) is 0. The Kier molecular flexibility index (Phi) is 8.08. The van der Waals surface area contributed by atoms with E-state index in [0.29, 0.717) is 22.3 Å². The summed E-state index contributed by atoms with van der Waals surface area (Å²) in [5.41, 5.74) is 0.217. The van der Waals surface area contributed by atoms with Gasteiger partial charge in [-0.3, -0.25) is 0 Å². The van der Waals surface area contributed by atoms with Crippen LogP contribution in [0.4, 0.5) is 0 Å². The van der Waals surface area contributed by atoms with Crippen molar-refractivity contribution in [2.75, 3.05) is 13.2 Å². The zero-order valence-corrected chi connectivity index (χ0v) is 24.4. The van der Waals surface area contributed by atoms with E-state index < -0.39 is 86.2 Å². The molecule has 4 aliphatic rings. The number of hydrogen-bond donors (Lipinski definition) is 8. The van der Waals surface area contributed by atoms with Crippen molar-refractivity contribution in [2.45, 2.75) is 67.0 Å². The first-order valence-corrected chi connectivity index (χ1v) is 14.8. The van der Waals surface area contributed by atoms with Crippen LogP contribution in [0.3, 0.4) is 0 Å². The minimum atomic E-state index is -1.67. The van der Waals surface area contributed by atoms with Crippen molar-refractivity contribution >= 4 is 5.97 Å². The van der Waals surface area contributed by atoms with E-state index in [-0.39, 0.29) is 23.0 Å². The van der Waals surface area contributed by atoms with Gasteiger partial charge in [0.1, 0.15) is 71.8 Å². The molecule has 1 spiro atoms. The predicted octanol–water partition coefficient (Wildman–Crippen LogP) is -1.39. The van der Waals surface area contributed by atoms with E-state index in [1.165, 1.54) is 24.3 Å². The molecule has 2 fully saturated rings. The second kappa shape index (κ2) is 12.0. The molecule has 2 saturated heterocycles. The Morgan fingerprint density at radius 2 is 1.11 bits per heavy atom. The standard InChI is InChI=1S/C32H32O15/c33-11-21-23(35)25(37)27(39)30(45-21)42-13-5-7-17-19(9-13)44-20-10-14(43-31-28(40)26(38)24(36)22(12-34)46-31)6-8-18(20)32(17)16-4-2-1-3-15(16)29(41)47-32/h1-10,21-28,30-31,33-40H,11-12H2/t21-,22-,23+,24+,25+,26+,27+,28+,30+,31+/m0/s1. The van der Waals surface area contributed by atoms with Gasteiger partial charge in [-0.15, -0.1) is 0 Å². The highest BCUT2D eigenvalue weighted by molar-refractivity contribution is 5.97. The first kappa shape index (κ1) is 31.7. The molecule has 3 aromatic carbocycles. The molecule has 0 unspecified atom stereocenters. The number of ether oxygens (including phenoxy) is 6. The molecule has 0 aliphatic carbocycles. The third-order valence-electron chi connectivity index (χ3n) is 8.86. The monoisotopic (exact) mass is 656 g/mol. The maximum Gasteiger partial charge on any atom is 0.340 e. The highest BCUT2D eigenvalue weighted by Gasteiger charge is 2.54. The SMILES string of the molecule is O=C1OC2(c3ccc(O[C@@H]4O[C@@H](CO)[C@@H](O)[C@@H](O)[C@H]4O)cc3Oc3cc(O[C@@H]4O[C@@H](CO)[C@@H](O)[C@@H](O)[C@H]4O)ccc32)c2ccccc21. The van der Waals surface area contributed by atoms with Crippen LogP contribution < -0.4 is 14.2 Å². The smallest absolute Gasteiger partial charge is 0.340 e. The number of carbonyl (C=O) groups is 1. The van der Waals surface area contributed by atoms with Crippen LogP contribution in [0.25, 0.3) is 0 Å². The summed E-state index contributed by atoms with van der Waals surface area (Å²) < 4.78 is 35.0. The number of hydrogen-bond acceptors (Lipinski definition) is 15. The van der Waals surface area contributed by atoms with Crippen LogP contribution in [0, 0.1) is 0 Å². The molecule has 0 bridgehead atoms. The zero-order valence-electron chi connectivity index (χ0n) is 24.4. The van der Waals surface area contributed by atoms with Crippen molar-refractivity contribution in [2.24, 2.45) is 0 Å². The average Bonchev–Trinajstić information content (AvgIpc) is 3.37. The van der Waals surface area contributed by atoms with Crippen molar-refractivity contribution in [3.63, 3.8) is 0 Å². The van der Waals surface area contributed by atoms with E-state index in [9.17, 15) is 45.6 Å². The van der Waals surface area contributed by atoms with Gasteiger partial charge in [0.25, 0.3) is 0 Å². The van der Waals surface area contributed by atoms with Gasteiger partial charge < -0.3 is 69.3 Å². The predicted molar refractivity (Wildman–Crippen MR) is 153 cm³/mol. The van der Waals surface area contributed by atoms with Crippen LogP contribution >= 0.6 is 0 Å². The van der Waals surface area contributed by atoms with Crippen LogP contribution in [0.1, 0.15) is 27.0 Å². The number of rotatable bonds is 6. The number of benzene rings is 3. The Labute approximate surface area is 266 Å². The van der Waals surface area contributed by atoms with E-state index in [0.717, 1.165) is 0 Å². The highest BCUT2D eigenvalue weighted by atomic mass is 16.7. The third kappa shape index (κ3) is 5.03. The molecular formula is C32H32O15. The van der Waals surface area contributed by atoms with Gasteiger partial charge in [0.15, 0.2) is 5.60 Å². The lowest BCUT2D eigenvalue weighted by molar-refractivity contribution is -0.277. The van der Waals surface area contributed by atoms with Crippen LogP contribution in [0.15, 0.2) is 60.7 Å². The second-order valence-corrected chi connectivity index (χ2v) is 11.7. The molecule has 0 saturated carbocycles. The molecule has 0 aromatic heterocycles. The average molecular weight is 657 g/mol. The Hall–Kier alpha value is -3.87. The summed E-state index contributed by atoms with van der Waals surface area (Å²) in [6.45, 7) is -1.29. The molecule has 0 amide bonds. The Balaban J connectivity index is 1.26. The maximum absolute atomic E-state index is 13.2. The fourth-order valence-electron chi connectivity index (χ4n) is 6.38. The fourth-order valence-corrected chi connectivity index (χ4v) is 6.38. The van der Waals surface area contributed by atoms with Crippen molar-refractivity contribution in [3.8, 4) is 23.0 Å². The zero-order chi connectivity index (χ0) is 33.2. The largest absolute Gasteiger partial charge is 0.462 e. The van der Waals surface area contributed by atoms with E-state index in [4.69, 9.17) is 28.4 Å². The first-order chi connectivity index (χ1) is 22.6. The summed E-state index contributed by atoms with van der Waals surface area (Å²) >= 11 is 0. The molecule has 8 N–H and O–H groups in total. The molecule has 7 rings (SSSR count). The fraction of sp³-hybridized carbons (Fsp3) is 0.406. The first-order valence-electron chi connectivity index (χ1n) is 14.8. The Morgan fingerprint density at radius 1 is 0.617 bits per heavy atom. The van der Waals surface area contributed by atoms with Crippen LogP contribution in [0.2, 0.25) is 0 Å². The number of aliphatic hydroxyl groups is 8. The van der Waals surface area contributed by atoms with Gasteiger partial charge in [0.2, 0.25) is 12.6 Å². The summed E-state index contributed by atoms with van der Waals surface area (Å²) in [4.78, 5) is 13.2. The number of fused-ring (bicyclic) bond motifs is 6. The Morgan fingerprint density at radius 3 is 1.60 bits per heavy atom. The Bertz CT molecular complexity index is 1570. The van der Waals surface area contributed by atoms with Gasteiger partial charge in [0, 0.05) is 28.8 Å².